The molecule has 0 aliphatic rings. The van der Waals surface area contributed by atoms with Crippen molar-refractivity contribution in [2.75, 3.05) is 0 Å². The summed E-state index contributed by atoms with van der Waals surface area (Å²) in [5.41, 5.74) is 2.46. The van der Waals surface area contributed by atoms with Gasteiger partial charge in [-0.15, -0.1) is 0 Å². The fourth-order valence-electron chi connectivity index (χ4n) is 2.14. The van der Waals surface area contributed by atoms with Gasteiger partial charge >= 0.3 is 5.97 Å². The molecule has 0 amide bonds. The van der Waals surface area contributed by atoms with E-state index in [1.165, 1.54) is 5.56 Å². The highest BCUT2D eigenvalue weighted by atomic mass is 16.5. The number of para-hydroxylation sites is 1. The Morgan fingerprint density at radius 2 is 1.81 bits per heavy atom. The maximum atomic E-state index is 10.8. The molecule has 1 atom stereocenters. The molecule has 0 saturated heterocycles. The molecule has 0 saturated carbocycles. The third kappa shape index (κ3) is 3.85. The molecule has 2 rings (SSSR count). The zero-order valence-corrected chi connectivity index (χ0v) is 12.4. The van der Waals surface area contributed by atoms with Gasteiger partial charge in [0.15, 0.2) is 0 Å². The quantitative estimate of drug-likeness (QED) is 0.850. The van der Waals surface area contributed by atoms with E-state index < -0.39 is 5.97 Å². The number of carboxylic acid groups (broad SMARTS) is 1. The predicted octanol–water partition coefficient (Wildman–Crippen LogP) is 4.48. The summed E-state index contributed by atoms with van der Waals surface area (Å²) in [6, 6.07) is 14.8. The van der Waals surface area contributed by atoms with E-state index in [4.69, 9.17) is 9.84 Å². The van der Waals surface area contributed by atoms with Gasteiger partial charge in [0, 0.05) is 0 Å². The van der Waals surface area contributed by atoms with Crippen LogP contribution >= 0.6 is 0 Å². The summed E-state index contributed by atoms with van der Waals surface area (Å²) in [7, 11) is 0. The van der Waals surface area contributed by atoms with E-state index in [1.807, 2.05) is 18.2 Å². The maximum Gasteiger partial charge on any atom is 0.335 e. The molecule has 0 heterocycles. The number of hydrogen-bond acceptors (Lipinski definition) is 2. The van der Waals surface area contributed by atoms with Crippen LogP contribution in [0, 0.1) is 0 Å². The number of rotatable bonds is 6. The molecule has 0 aromatic heterocycles. The molecule has 110 valence electrons. The van der Waals surface area contributed by atoms with Gasteiger partial charge in [0.2, 0.25) is 0 Å². The number of carbonyl (C=O) groups is 1. The van der Waals surface area contributed by atoms with Crippen LogP contribution in [0.5, 0.6) is 5.75 Å². The second kappa shape index (κ2) is 6.93. The Hall–Kier alpha value is -2.29. The number of benzene rings is 2. The summed E-state index contributed by atoms with van der Waals surface area (Å²) in [6.07, 6.45) is 1.06. The maximum absolute atomic E-state index is 10.8. The second-order valence-corrected chi connectivity index (χ2v) is 5.14. The molecular formula is C18H20O3. The average molecular weight is 284 g/mol. The zero-order chi connectivity index (χ0) is 15.2. The largest absolute Gasteiger partial charge is 0.489 e. The average Bonchev–Trinajstić information content (AvgIpc) is 2.52. The van der Waals surface area contributed by atoms with Crippen molar-refractivity contribution in [1.29, 1.82) is 0 Å². The van der Waals surface area contributed by atoms with Crippen LogP contribution in [-0.4, -0.2) is 11.1 Å². The molecule has 0 spiro atoms. The lowest BCUT2D eigenvalue weighted by Crippen LogP contribution is -2.02. The van der Waals surface area contributed by atoms with Gasteiger partial charge in [-0.1, -0.05) is 44.2 Å². The number of carboxylic acids is 1. The van der Waals surface area contributed by atoms with Crippen molar-refractivity contribution in [3.8, 4) is 5.75 Å². The molecule has 3 heteroatoms. The number of aromatic carboxylic acids is 1. The van der Waals surface area contributed by atoms with Crippen LogP contribution in [0.2, 0.25) is 0 Å². The van der Waals surface area contributed by atoms with Crippen LogP contribution < -0.4 is 4.74 Å². The van der Waals surface area contributed by atoms with E-state index >= 15 is 0 Å². The number of hydrogen-bond donors (Lipinski definition) is 1. The first-order chi connectivity index (χ1) is 10.1. The number of ether oxygens (including phenoxy) is 1. The third-order valence-corrected chi connectivity index (χ3v) is 3.66. The molecule has 0 aliphatic heterocycles. The van der Waals surface area contributed by atoms with Crippen molar-refractivity contribution in [3.63, 3.8) is 0 Å². The Bertz CT molecular complexity index is 602. The van der Waals surface area contributed by atoms with Gasteiger partial charge in [-0.05, 0) is 41.7 Å². The van der Waals surface area contributed by atoms with Gasteiger partial charge in [-0.2, -0.15) is 0 Å². The molecule has 3 nitrogen and oxygen atoms in total. The monoisotopic (exact) mass is 284 g/mol. The van der Waals surface area contributed by atoms with E-state index in [9.17, 15) is 4.79 Å². The van der Waals surface area contributed by atoms with E-state index in [1.54, 1.807) is 24.3 Å². The predicted molar refractivity (Wildman–Crippen MR) is 82.9 cm³/mol. The smallest absolute Gasteiger partial charge is 0.335 e. The lowest BCUT2D eigenvalue weighted by molar-refractivity contribution is 0.0697. The van der Waals surface area contributed by atoms with E-state index in [-0.39, 0.29) is 0 Å². The third-order valence-electron chi connectivity index (χ3n) is 3.66. The van der Waals surface area contributed by atoms with Gasteiger partial charge in [0.1, 0.15) is 12.4 Å². The van der Waals surface area contributed by atoms with Crippen molar-refractivity contribution < 1.29 is 14.6 Å². The van der Waals surface area contributed by atoms with Crippen LogP contribution in [0.1, 0.15) is 47.7 Å². The highest BCUT2D eigenvalue weighted by Crippen LogP contribution is 2.28. The summed E-state index contributed by atoms with van der Waals surface area (Å²) >= 11 is 0. The Morgan fingerprint density at radius 1 is 1.14 bits per heavy atom. The highest BCUT2D eigenvalue weighted by Gasteiger charge is 2.09. The molecule has 2 aromatic carbocycles. The van der Waals surface area contributed by atoms with Crippen molar-refractivity contribution in [2.45, 2.75) is 32.8 Å². The van der Waals surface area contributed by atoms with Crippen LogP contribution in [0.4, 0.5) is 0 Å². The lowest BCUT2D eigenvalue weighted by atomic mass is 9.98. The first-order valence-corrected chi connectivity index (χ1v) is 7.15. The molecule has 0 bridgehead atoms. The van der Waals surface area contributed by atoms with Crippen molar-refractivity contribution >= 4 is 5.97 Å². The minimum absolute atomic E-state index is 0.291. The molecule has 2 aromatic rings. The topological polar surface area (TPSA) is 46.5 Å². The summed E-state index contributed by atoms with van der Waals surface area (Å²) in [5.74, 6) is 0.439. The van der Waals surface area contributed by atoms with E-state index in [2.05, 4.69) is 19.9 Å². The normalized spacial score (nSPS) is 11.9. The molecule has 1 N–H and O–H groups in total. The summed E-state index contributed by atoms with van der Waals surface area (Å²) in [5, 5.41) is 8.88. The minimum atomic E-state index is -0.912. The molecule has 0 radical (unpaired) electrons. The SMILES string of the molecule is CCC(C)c1ccccc1OCc1ccc(C(=O)O)cc1. The van der Waals surface area contributed by atoms with Gasteiger partial charge in [0.25, 0.3) is 0 Å². The zero-order valence-electron chi connectivity index (χ0n) is 12.4. The van der Waals surface area contributed by atoms with Crippen molar-refractivity contribution in [2.24, 2.45) is 0 Å². The standard InChI is InChI=1S/C18H20O3/c1-3-13(2)16-6-4-5-7-17(16)21-12-14-8-10-15(11-9-14)18(19)20/h4-11,13H,3,12H2,1-2H3,(H,19,20). The fraction of sp³-hybridized carbons (Fsp3) is 0.278. The van der Waals surface area contributed by atoms with Crippen LogP contribution in [0.3, 0.4) is 0 Å². The summed E-state index contributed by atoms with van der Waals surface area (Å²) in [6.45, 7) is 4.78. The fourth-order valence-corrected chi connectivity index (χ4v) is 2.14. The van der Waals surface area contributed by atoms with E-state index in [0.29, 0.717) is 18.1 Å². The Labute approximate surface area is 125 Å². The Balaban J connectivity index is 2.08. The van der Waals surface area contributed by atoms with Crippen LogP contribution in [0.25, 0.3) is 0 Å². The first kappa shape index (κ1) is 15.1. The second-order valence-electron chi connectivity index (χ2n) is 5.14. The molecule has 0 fully saturated rings. The van der Waals surface area contributed by atoms with Crippen molar-refractivity contribution in [3.05, 3.63) is 65.2 Å². The Morgan fingerprint density at radius 3 is 2.43 bits per heavy atom. The van der Waals surface area contributed by atoms with Gasteiger partial charge in [-0.25, -0.2) is 4.79 Å². The van der Waals surface area contributed by atoms with Crippen LogP contribution in [0.15, 0.2) is 48.5 Å². The van der Waals surface area contributed by atoms with Gasteiger partial charge < -0.3 is 9.84 Å². The molecule has 21 heavy (non-hydrogen) atoms. The Kier molecular flexibility index (Phi) is 4.99. The molecule has 0 aliphatic carbocycles. The molecule has 1 unspecified atom stereocenters. The minimum Gasteiger partial charge on any atom is -0.489 e. The first-order valence-electron chi connectivity index (χ1n) is 7.15. The highest BCUT2D eigenvalue weighted by molar-refractivity contribution is 5.87. The van der Waals surface area contributed by atoms with Crippen molar-refractivity contribution in [1.82, 2.24) is 0 Å². The molecular weight excluding hydrogens is 264 g/mol. The van der Waals surface area contributed by atoms with Gasteiger partial charge in [-0.3, -0.25) is 0 Å². The lowest BCUT2D eigenvalue weighted by Gasteiger charge is -2.15. The summed E-state index contributed by atoms with van der Waals surface area (Å²) < 4.78 is 5.90. The summed E-state index contributed by atoms with van der Waals surface area (Å²) in [4.78, 5) is 10.8. The van der Waals surface area contributed by atoms with E-state index in [0.717, 1.165) is 17.7 Å². The van der Waals surface area contributed by atoms with Gasteiger partial charge in [0.05, 0.1) is 5.56 Å². The van der Waals surface area contributed by atoms with Crippen LogP contribution in [-0.2, 0) is 6.61 Å².